The van der Waals surface area contributed by atoms with E-state index in [0.29, 0.717) is 77.0 Å². The van der Waals surface area contributed by atoms with Gasteiger partial charge >= 0.3 is 12.1 Å². The van der Waals surface area contributed by atoms with Gasteiger partial charge in [-0.2, -0.15) is 0 Å². The van der Waals surface area contributed by atoms with Gasteiger partial charge in [0.05, 0.1) is 50.4 Å². The summed E-state index contributed by atoms with van der Waals surface area (Å²) in [4.78, 5) is 82.0. The maximum absolute atomic E-state index is 14.2. The summed E-state index contributed by atoms with van der Waals surface area (Å²) in [7, 11) is 0. The number of urea groups is 2. The SMILES string of the molecule is CC(C)[C@H](NC(=O)N1CCOCC1)C(=O)N1CCC[C@H]1c1ncc(-c2ccc(N3CCC(c4cnc([C@@H]5CCCN5C(=O)[C@@H](NC(=O)N5CCOCC5)C(C)C)[nH]4)CC3)c3c2CC2(CCCC2)C3)[nH]1. The molecule has 0 radical (unpaired) electrons. The van der Waals surface area contributed by atoms with Gasteiger partial charge < -0.3 is 54.6 Å². The molecule has 1 saturated carbocycles. The van der Waals surface area contributed by atoms with E-state index < -0.39 is 12.1 Å². The van der Waals surface area contributed by atoms with E-state index in [4.69, 9.17) is 19.4 Å². The quantitative estimate of drug-likeness (QED) is 0.171. The van der Waals surface area contributed by atoms with Crippen molar-refractivity contribution >= 4 is 29.6 Å². The fourth-order valence-electron chi connectivity index (χ4n) is 12.7. The molecule has 2 aromatic heterocycles. The Balaban J connectivity index is 0.811. The summed E-state index contributed by atoms with van der Waals surface area (Å²) in [5.41, 5.74) is 8.00. The Morgan fingerprint density at radius 1 is 0.638 bits per heavy atom. The first-order valence-electron chi connectivity index (χ1n) is 26.3. The van der Waals surface area contributed by atoms with E-state index >= 15 is 0 Å². The van der Waals surface area contributed by atoms with Gasteiger partial charge in [0.1, 0.15) is 23.7 Å². The minimum absolute atomic E-state index is 0.0402. The predicted molar refractivity (Wildman–Crippen MR) is 262 cm³/mol. The van der Waals surface area contributed by atoms with Crippen LogP contribution in [-0.2, 0) is 31.9 Å². The summed E-state index contributed by atoms with van der Waals surface area (Å²) in [5, 5.41) is 6.13. The van der Waals surface area contributed by atoms with E-state index in [0.717, 1.165) is 87.5 Å². The van der Waals surface area contributed by atoms with Crippen molar-refractivity contribution in [3.8, 4) is 11.3 Å². The van der Waals surface area contributed by atoms with E-state index in [-0.39, 0.29) is 47.8 Å². The molecule has 0 bridgehead atoms. The number of amides is 6. The average Bonchev–Trinajstić information content (AvgIpc) is 4.24. The van der Waals surface area contributed by atoms with Gasteiger partial charge in [-0.3, -0.25) is 9.59 Å². The lowest BCUT2D eigenvalue weighted by Crippen LogP contribution is -2.55. The van der Waals surface area contributed by atoms with Crippen LogP contribution in [0.25, 0.3) is 11.3 Å². The number of H-pyrrole nitrogens is 2. The van der Waals surface area contributed by atoms with E-state index in [9.17, 15) is 19.2 Å². The first kappa shape index (κ1) is 47.5. The summed E-state index contributed by atoms with van der Waals surface area (Å²) in [6, 6.07) is 2.71. The van der Waals surface area contributed by atoms with Crippen LogP contribution in [0, 0.1) is 17.3 Å². The van der Waals surface area contributed by atoms with Crippen LogP contribution >= 0.6 is 0 Å². The monoisotopic (exact) mass is 950 g/mol. The maximum Gasteiger partial charge on any atom is 0.318 e. The summed E-state index contributed by atoms with van der Waals surface area (Å²) < 4.78 is 10.9. The van der Waals surface area contributed by atoms with Crippen molar-refractivity contribution in [1.82, 2.24) is 50.2 Å². The first-order valence-corrected chi connectivity index (χ1v) is 26.3. The second-order valence-electron chi connectivity index (χ2n) is 21.7. The van der Waals surface area contributed by atoms with Crippen LogP contribution in [0.3, 0.4) is 0 Å². The minimum atomic E-state index is -0.623. The zero-order valence-electron chi connectivity index (χ0n) is 41.4. The number of benzene rings is 1. The number of aromatic nitrogens is 4. The van der Waals surface area contributed by atoms with Crippen molar-refractivity contribution in [2.24, 2.45) is 17.3 Å². The zero-order valence-corrected chi connectivity index (χ0v) is 41.4. The van der Waals surface area contributed by atoms with Gasteiger partial charge in [0.25, 0.3) is 0 Å². The van der Waals surface area contributed by atoms with Crippen LogP contribution in [0.2, 0.25) is 0 Å². The van der Waals surface area contributed by atoms with Gasteiger partial charge in [-0.05, 0) is 98.7 Å². The molecule has 6 amide bonds. The van der Waals surface area contributed by atoms with Crippen LogP contribution < -0.4 is 15.5 Å². The van der Waals surface area contributed by atoms with E-state index in [1.54, 1.807) is 9.80 Å². The fraction of sp³-hybridized carbons (Fsp3) is 0.692. The summed E-state index contributed by atoms with van der Waals surface area (Å²) in [6.45, 7) is 15.3. The van der Waals surface area contributed by atoms with E-state index in [1.165, 1.54) is 48.1 Å². The summed E-state index contributed by atoms with van der Waals surface area (Å²) in [6.07, 6.45) is 16.7. The number of aromatic amines is 2. The number of likely N-dealkylation sites (tertiary alicyclic amines) is 2. The number of imidazole rings is 2. The highest BCUT2D eigenvalue weighted by molar-refractivity contribution is 5.89. The number of fused-ring (bicyclic) bond motifs is 1. The Kier molecular flexibility index (Phi) is 14.0. The molecule has 5 aliphatic heterocycles. The van der Waals surface area contributed by atoms with Gasteiger partial charge in [0, 0.05) is 81.4 Å². The Labute approximate surface area is 407 Å². The third kappa shape index (κ3) is 9.70. The lowest BCUT2D eigenvalue weighted by atomic mass is 9.83. The standard InChI is InChI=1S/C52H75N11O6/c1-33(2)44(57-50(66)60-21-25-68-26-22-60)48(64)62-17-7-9-42(62)46-53-31-39(55-46)35-13-19-59(20-14-35)41-12-11-36(37-29-52(30-38(37)41)15-5-6-16-52)40-32-54-47(56-40)43-10-8-18-63(43)49(65)45(34(3)4)58-51(67)61-23-27-69-28-24-61/h11-12,31-35,42-45H,5-10,13-30H2,1-4H3,(H,53,55)(H,54,56)(H,57,66)(H,58,67)/t42-,43-,44-,45-/m0/s1. The average molecular weight is 950 g/mol. The Bertz CT molecular complexity index is 2320. The largest absolute Gasteiger partial charge is 0.378 e. The number of hydrogen-bond donors (Lipinski definition) is 4. The third-order valence-electron chi connectivity index (χ3n) is 16.7. The number of piperidine rings is 1. The fourth-order valence-corrected chi connectivity index (χ4v) is 12.7. The van der Waals surface area contributed by atoms with Gasteiger partial charge in [-0.25, -0.2) is 19.6 Å². The molecule has 69 heavy (non-hydrogen) atoms. The molecule has 1 spiro atoms. The number of rotatable bonds is 11. The van der Waals surface area contributed by atoms with Crippen molar-refractivity contribution in [1.29, 1.82) is 0 Å². The Hall–Kier alpha value is -5.16. The first-order chi connectivity index (χ1) is 33.5. The number of hydrogen-bond acceptors (Lipinski definition) is 9. The molecule has 4 N–H and O–H groups in total. The molecule has 3 aromatic rings. The number of nitrogens with one attached hydrogen (secondary N) is 4. The second kappa shape index (κ2) is 20.3. The number of nitrogens with zero attached hydrogens (tertiary/aromatic N) is 7. The maximum atomic E-state index is 14.2. The Morgan fingerprint density at radius 3 is 1.71 bits per heavy atom. The lowest BCUT2D eigenvalue weighted by molar-refractivity contribution is -0.136. The molecule has 0 unspecified atom stereocenters. The normalized spacial score (nSPS) is 23.9. The van der Waals surface area contributed by atoms with Crippen LogP contribution in [0.5, 0.6) is 0 Å². The molecule has 374 valence electrons. The molecule has 17 heteroatoms. The van der Waals surface area contributed by atoms with Gasteiger partial charge in [-0.1, -0.05) is 46.6 Å². The molecule has 4 atom stereocenters. The number of carbonyl (C=O) groups excluding carboxylic acids is 4. The van der Waals surface area contributed by atoms with Crippen LogP contribution in [-0.4, -0.2) is 154 Å². The predicted octanol–water partition coefficient (Wildman–Crippen LogP) is 6.30. The van der Waals surface area contributed by atoms with Crippen molar-refractivity contribution in [3.05, 3.63) is 53.0 Å². The molecule has 5 saturated heterocycles. The highest BCUT2D eigenvalue weighted by atomic mass is 16.5. The molecule has 7 aliphatic rings. The summed E-state index contributed by atoms with van der Waals surface area (Å²) in [5.74, 6) is 1.79. The van der Waals surface area contributed by atoms with Crippen molar-refractivity contribution in [2.75, 3.05) is 83.7 Å². The highest BCUT2D eigenvalue weighted by Gasteiger charge is 2.44. The van der Waals surface area contributed by atoms with Gasteiger partial charge in [-0.15, -0.1) is 0 Å². The Morgan fingerprint density at radius 2 is 1.16 bits per heavy atom. The highest BCUT2D eigenvalue weighted by Crippen LogP contribution is 2.53. The van der Waals surface area contributed by atoms with E-state index in [1.807, 2.05) is 49.9 Å². The van der Waals surface area contributed by atoms with Crippen LogP contribution in [0.1, 0.15) is 138 Å². The molecule has 2 aliphatic carbocycles. The molecule has 6 fully saturated rings. The summed E-state index contributed by atoms with van der Waals surface area (Å²) >= 11 is 0. The van der Waals surface area contributed by atoms with Gasteiger partial charge in [0.15, 0.2) is 0 Å². The van der Waals surface area contributed by atoms with Gasteiger partial charge in [0.2, 0.25) is 11.8 Å². The van der Waals surface area contributed by atoms with E-state index in [2.05, 4.69) is 37.6 Å². The molecule has 17 nitrogen and oxygen atoms in total. The zero-order chi connectivity index (χ0) is 47.8. The van der Waals surface area contributed by atoms with Crippen molar-refractivity contribution in [2.45, 2.75) is 135 Å². The molecule has 1 aromatic carbocycles. The number of morpholine rings is 2. The smallest absolute Gasteiger partial charge is 0.318 e. The number of carbonyl (C=O) groups is 4. The van der Waals surface area contributed by atoms with Crippen molar-refractivity contribution in [3.63, 3.8) is 0 Å². The van der Waals surface area contributed by atoms with Crippen LogP contribution in [0.15, 0.2) is 24.5 Å². The lowest BCUT2D eigenvalue weighted by Gasteiger charge is -2.35. The van der Waals surface area contributed by atoms with Crippen molar-refractivity contribution < 1.29 is 28.7 Å². The number of anilines is 1. The molecular weight excluding hydrogens is 875 g/mol. The minimum Gasteiger partial charge on any atom is -0.378 e. The molecular formula is C52H75N11O6. The third-order valence-corrected chi connectivity index (χ3v) is 16.7. The molecule has 7 heterocycles. The topological polar surface area (TPSA) is 184 Å². The van der Waals surface area contributed by atoms with Crippen LogP contribution in [0.4, 0.5) is 15.3 Å². The second-order valence-corrected chi connectivity index (χ2v) is 21.7. The molecule has 10 rings (SSSR count). The number of ether oxygens (including phenoxy) is 2.